The Morgan fingerprint density at radius 2 is 1.68 bits per heavy atom. The molecular weight excluding hydrogens is 415 g/mol. The fourth-order valence-electron chi connectivity index (χ4n) is 3.38. The van der Waals surface area contributed by atoms with E-state index in [9.17, 15) is 0 Å². The van der Waals surface area contributed by atoms with Crippen LogP contribution in [0.1, 0.15) is 23.6 Å². The van der Waals surface area contributed by atoms with Gasteiger partial charge in [0.2, 0.25) is 0 Å². The zero-order chi connectivity index (χ0) is 19.7. The lowest BCUT2D eigenvalue weighted by Crippen LogP contribution is -2.19. The Bertz CT molecular complexity index is 1030. The van der Waals surface area contributed by atoms with Crippen LogP contribution in [0.4, 0.5) is 5.69 Å². The van der Waals surface area contributed by atoms with Crippen LogP contribution in [0.5, 0.6) is 5.75 Å². The maximum absolute atomic E-state index is 6.27. The van der Waals surface area contributed by atoms with E-state index in [-0.39, 0.29) is 6.04 Å². The summed E-state index contributed by atoms with van der Waals surface area (Å²) in [4.78, 5) is 0. The number of hydrazone groups is 1. The number of methoxy groups -OCH3 is 1. The molecule has 4 rings (SSSR count). The molecule has 1 aliphatic rings. The van der Waals surface area contributed by atoms with Crippen molar-refractivity contribution >= 4 is 46.2 Å². The van der Waals surface area contributed by atoms with Gasteiger partial charge in [-0.1, -0.05) is 65.1 Å². The Morgan fingerprint density at radius 1 is 0.929 bits per heavy atom. The van der Waals surface area contributed by atoms with Crippen LogP contribution in [0.15, 0.2) is 71.8 Å². The van der Waals surface area contributed by atoms with Crippen LogP contribution in [0.2, 0.25) is 15.1 Å². The van der Waals surface area contributed by atoms with E-state index in [1.165, 1.54) is 0 Å². The second kappa shape index (κ2) is 8.04. The molecule has 0 aliphatic carbocycles. The van der Waals surface area contributed by atoms with Gasteiger partial charge in [-0.3, -0.25) is 5.01 Å². The largest absolute Gasteiger partial charge is 0.496 e. The summed E-state index contributed by atoms with van der Waals surface area (Å²) in [6.45, 7) is 0. The van der Waals surface area contributed by atoms with Crippen LogP contribution in [0, 0.1) is 0 Å². The first-order valence-corrected chi connectivity index (χ1v) is 9.91. The lowest BCUT2D eigenvalue weighted by Gasteiger charge is -2.25. The van der Waals surface area contributed by atoms with Gasteiger partial charge in [0.15, 0.2) is 0 Å². The minimum atomic E-state index is -0.0286. The fourth-order valence-corrected chi connectivity index (χ4v) is 3.79. The SMILES string of the molecule is COc1ccccc1[C@@H]1CC(c2ccc(Cl)cc2)=NN1c1ccc(Cl)c(Cl)c1. The summed E-state index contributed by atoms with van der Waals surface area (Å²) < 4.78 is 5.60. The Kier molecular flexibility index (Phi) is 5.49. The average Bonchev–Trinajstić information content (AvgIpc) is 3.15. The number of rotatable bonds is 4. The van der Waals surface area contributed by atoms with Crippen molar-refractivity contribution in [1.82, 2.24) is 0 Å². The topological polar surface area (TPSA) is 24.8 Å². The molecule has 0 aromatic heterocycles. The molecule has 0 amide bonds. The van der Waals surface area contributed by atoms with E-state index in [2.05, 4.69) is 6.07 Å². The highest BCUT2D eigenvalue weighted by molar-refractivity contribution is 6.42. The van der Waals surface area contributed by atoms with E-state index < -0.39 is 0 Å². The summed E-state index contributed by atoms with van der Waals surface area (Å²) in [6.07, 6.45) is 0.724. The van der Waals surface area contributed by atoms with E-state index in [1.807, 2.05) is 59.6 Å². The average molecular weight is 432 g/mol. The molecule has 1 heterocycles. The van der Waals surface area contributed by atoms with Gasteiger partial charge in [0, 0.05) is 17.0 Å². The first-order chi connectivity index (χ1) is 13.6. The Hall–Kier alpha value is -2.20. The number of halogens is 3. The molecule has 0 saturated heterocycles. The number of anilines is 1. The summed E-state index contributed by atoms with van der Waals surface area (Å²) in [6, 6.07) is 21.2. The second-order valence-corrected chi connectivity index (χ2v) is 7.71. The highest BCUT2D eigenvalue weighted by atomic mass is 35.5. The van der Waals surface area contributed by atoms with Crippen molar-refractivity contribution in [3.05, 3.63) is 92.9 Å². The van der Waals surface area contributed by atoms with Crippen LogP contribution < -0.4 is 9.75 Å². The monoisotopic (exact) mass is 430 g/mol. The van der Waals surface area contributed by atoms with Gasteiger partial charge < -0.3 is 4.74 Å². The molecule has 3 aromatic carbocycles. The molecule has 142 valence electrons. The van der Waals surface area contributed by atoms with E-state index in [4.69, 9.17) is 44.6 Å². The first kappa shape index (κ1) is 19.1. The minimum absolute atomic E-state index is 0.0286. The quantitative estimate of drug-likeness (QED) is 0.444. The third-order valence-corrected chi connectivity index (χ3v) is 5.74. The normalized spacial score (nSPS) is 16.2. The van der Waals surface area contributed by atoms with E-state index in [0.717, 1.165) is 34.7 Å². The number of ether oxygens (including phenoxy) is 1. The molecular formula is C22H17Cl3N2O. The van der Waals surface area contributed by atoms with Crippen molar-refractivity contribution in [2.75, 3.05) is 12.1 Å². The molecule has 6 heteroatoms. The molecule has 0 N–H and O–H groups in total. The molecule has 0 fully saturated rings. The minimum Gasteiger partial charge on any atom is -0.496 e. The van der Waals surface area contributed by atoms with Gasteiger partial charge >= 0.3 is 0 Å². The van der Waals surface area contributed by atoms with E-state index in [1.54, 1.807) is 13.2 Å². The van der Waals surface area contributed by atoms with Crippen LogP contribution in [0.25, 0.3) is 0 Å². The number of para-hydroxylation sites is 1. The highest BCUT2D eigenvalue weighted by Gasteiger charge is 2.32. The second-order valence-electron chi connectivity index (χ2n) is 6.46. The highest BCUT2D eigenvalue weighted by Crippen LogP contribution is 2.41. The van der Waals surface area contributed by atoms with E-state index in [0.29, 0.717) is 15.1 Å². The van der Waals surface area contributed by atoms with Gasteiger partial charge in [-0.05, 0) is 42.0 Å². The zero-order valence-electron chi connectivity index (χ0n) is 15.1. The molecule has 1 aliphatic heterocycles. The van der Waals surface area contributed by atoms with Crippen molar-refractivity contribution in [1.29, 1.82) is 0 Å². The molecule has 3 nitrogen and oxygen atoms in total. The number of hydrogen-bond donors (Lipinski definition) is 0. The van der Waals surface area contributed by atoms with Gasteiger partial charge in [-0.25, -0.2) is 0 Å². The van der Waals surface area contributed by atoms with Crippen molar-refractivity contribution < 1.29 is 4.74 Å². The summed E-state index contributed by atoms with van der Waals surface area (Å²) in [5.74, 6) is 0.824. The summed E-state index contributed by atoms with van der Waals surface area (Å²) in [5, 5.41) is 8.59. The van der Waals surface area contributed by atoms with Crippen molar-refractivity contribution in [3.63, 3.8) is 0 Å². The summed E-state index contributed by atoms with van der Waals surface area (Å²) >= 11 is 18.4. The predicted octanol–water partition coefficient (Wildman–Crippen LogP) is 7.01. The third kappa shape index (κ3) is 3.70. The zero-order valence-corrected chi connectivity index (χ0v) is 17.3. The maximum atomic E-state index is 6.27. The smallest absolute Gasteiger partial charge is 0.124 e. The van der Waals surface area contributed by atoms with Crippen molar-refractivity contribution in [2.45, 2.75) is 12.5 Å². The number of nitrogens with zero attached hydrogens (tertiary/aromatic N) is 2. The van der Waals surface area contributed by atoms with Crippen LogP contribution in [-0.2, 0) is 0 Å². The van der Waals surface area contributed by atoms with Gasteiger partial charge in [0.25, 0.3) is 0 Å². The molecule has 0 unspecified atom stereocenters. The van der Waals surface area contributed by atoms with Crippen molar-refractivity contribution in [2.24, 2.45) is 5.10 Å². The lowest BCUT2D eigenvalue weighted by atomic mass is 9.97. The molecule has 0 saturated carbocycles. The number of benzene rings is 3. The maximum Gasteiger partial charge on any atom is 0.124 e. The molecule has 1 atom stereocenters. The number of hydrogen-bond acceptors (Lipinski definition) is 3. The Morgan fingerprint density at radius 3 is 2.39 bits per heavy atom. The summed E-state index contributed by atoms with van der Waals surface area (Å²) in [7, 11) is 1.68. The molecule has 0 radical (unpaired) electrons. The van der Waals surface area contributed by atoms with Crippen LogP contribution in [-0.4, -0.2) is 12.8 Å². The first-order valence-electron chi connectivity index (χ1n) is 8.77. The van der Waals surface area contributed by atoms with Gasteiger partial charge in [-0.2, -0.15) is 5.10 Å². The van der Waals surface area contributed by atoms with Gasteiger partial charge in [-0.15, -0.1) is 0 Å². The fraction of sp³-hybridized carbons (Fsp3) is 0.136. The van der Waals surface area contributed by atoms with E-state index >= 15 is 0 Å². The molecule has 28 heavy (non-hydrogen) atoms. The van der Waals surface area contributed by atoms with Gasteiger partial charge in [0.05, 0.1) is 34.6 Å². The predicted molar refractivity (Wildman–Crippen MR) is 117 cm³/mol. The standard InChI is InChI=1S/C22H17Cl3N2O/c1-28-22-5-3-2-4-17(22)21-13-20(14-6-8-15(23)9-7-14)26-27(21)16-10-11-18(24)19(25)12-16/h2-12,21H,13H2,1H3/t21-/m0/s1. The molecule has 0 bridgehead atoms. The lowest BCUT2D eigenvalue weighted by molar-refractivity contribution is 0.405. The Balaban J connectivity index is 1.80. The summed E-state index contributed by atoms with van der Waals surface area (Å²) in [5.41, 5.74) is 3.93. The molecule has 3 aromatic rings. The molecule has 0 spiro atoms. The Labute approximate surface area is 179 Å². The third-order valence-electron chi connectivity index (χ3n) is 4.75. The van der Waals surface area contributed by atoms with Gasteiger partial charge in [0.1, 0.15) is 5.75 Å². The van der Waals surface area contributed by atoms with Crippen molar-refractivity contribution in [3.8, 4) is 5.75 Å². The van der Waals surface area contributed by atoms with Crippen LogP contribution >= 0.6 is 34.8 Å². The van der Waals surface area contributed by atoms with Crippen LogP contribution in [0.3, 0.4) is 0 Å².